The van der Waals surface area contributed by atoms with Crippen molar-refractivity contribution in [2.45, 2.75) is 66.1 Å². The van der Waals surface area contributed by atoms with Gasteiger partial charge in [0.1, 0.15) is 29.3 Å². The lowest BCUT2D eigenvalue weighted by molar-refractivity contribution is -0.154. The van der Waals surface area contributed by atoms with E-state index in [9.17, 15) is 14.7 Å². The third-order valence-corrected chi connectivity index (χ3v) is 4.45. The Morgan fingerprint density at radius 2 is 1.96 bits per heavy atom. The van der Waals surface area contributed by atoms with Crippen molar-refractivity contribution >= 4 is 11.9 Å². The quantitative estimate of drug-likeness (QED) is 0.597. The van der Waals surface area contributed by atoms with Gasteiger partial charge in [-0.25, -0.2) is 4.79 Å². The van der Waals surface area contributed by atoms with Gasteiger partial charge in [-0.05, 0) is 53.0 Å². The summed E-state index contributed by atoms with van der Waals surface area (Å²) in [6, 6.07) is 0. The molecule has 1 aromatic carbocycles. The molecule has 1 aromatic rings. The number of hydrogen-bond acceptors (Lipinski definition) is 6. The van der Waals surface area contributed by atoms with Crippen LogP contribution >= 0.6 is 0 Å². The first kappa shape index (κ1) is 20.8. The summed E-state index contributed by atoms with van der Waals surface area (Å²) >= 11 is 0. The van der Waals surface area contributed by atoms with Gasteiger partial charge >= 0.3 is 11.9 Å². The first-order chi connectivity index (χ1) is 12.5. The van der Waals surface area contributed by atoms with Crippen molar-refractivity contribution in [3.63, 3.8) is 0 Å². The molecule has 0 atom stereocenters. The molecule has 0 saturated heterocycles. The summed E-state index contributed by atoms with van der Waals surface area (Å²) in [5.74, 6) is -0.293. The molecule has 2 rings (SSSR count). The Bertz CT molecular complexity index is 783. The highest BCUT2D eigenvalue weighted by Gasteiger charge is 2.31. The molecule has 1 heterocycles. The van der Waals surface area contributed by atoms with Crippen LogP contribution in [0.5, 0.6) is 11.5 Å². The Labute approximate surface area is 160 Å². The van der Waals surface area contributed by atoms with Crippen molar-refractivity contribution in [1.29, 1.82) is 0 Å². The summed E-state index contributed by atoms with van der Waals surface area (Å²) in [5, 5.41) is 10.6. The summed E-state index contributed by atoms with van der Waals surface area (Å²) in [5.41, 5.74) is 2.73. The number of fused-ring (bicyclic) bond motifs is 1. The molecule has 0 amide bonds. The van der Waals surface area contributed by atoms with Crippen molar-refractivity contribution in [1.82, 2.24) is 0 Å². The number of phenols is 1. The number of carbonyl (C=O) groups is 2. The first-order valence-corrected chi connectivity index (χ1v) is 9.01. The van der Waals surface area contributed by atoms with Crippen LogP contribution in [-0.2, 0) is 27.3 Å². The number of aromatic hydroxyl groups is 1. The number of allylic oxidation sites excluding steroid dienone is 2. The second-order valence-corrected chi connectivity index (χ2v) is 7.76. The molecule has 6 heteroatoms. The van der Waals surface area contributed by atoms with E-state index in [2.05, 4.69) is 0 Å². The van der Waals surface area contributed by atoms with E-state index in [1.54, 1.807) is 0 Å². The van der Waals surface area contributed by atoms with Gasteiger partial charge < -0.3 is 19.3 Å². The maximum absolute atomic E-state index is 11.9. The molecule has 1 aliphatic rings. The number of ether oxygens (including phenoxy) is 3. The van der Waals surface area contributed by atoms with E-state index in [-0.39, 0.29) is 30.3 Å². The molecule has 27 heavy (non-hydrogen) atoms. The van der Waals surface area contributed by atoms with Gasteiger partial charge in [0.25, 0.3) is 0 Å². The second-order valence-electron chi connectivity index (χ2n) is 7.76. The first-order valence-electron chi connectivity index (χ1n) is 9.01. The molecular weight excluding hydrogens is 348 g/mol. The highest BCUT2D eigenvalue weighted by atomic mass is 16.6. The molecule has 0 saturated carbocycles. The van der Waals surface area contributed by atoms with Crippen molar-refractivity contribution < 1.29 is 28.9 Å². The van der Waals surface area contributed by atoms with E-state index in [1.165, 1.54) is 7.11 Å². The molecule has 1 N–H and O–H groups in total. The zero-order valence-electron chi connectivity index (χ0n) is 16.9. The molecule has 0 spiro atoms. The fourth-order valence-electron chi connectivity index (χ4n) is 3.10. The smallest absolute Gasteiger partial charge is 0.342 e. The third-order valence-electron chi connectivity index (χ3n) is 4.45. The Kier molecular flexibility index (Phi) is 6.19. The van der Waals surface area contributed by atoms with Crippen molar-refractivity contribution in [3.8, 4) is 11.5 Å². The van der Waals surface area contributed by atoms with Gasteiger partial charge in [-0.3, -0.25) is 4.79 Å². The van der Waals surface area contributed by atoms with Crippen molar-refractivity contribution in [3.05, 3.63) is 33.9 Å². The predicted octanol–water partition coefficient (Wildman–Crippen LogP) is 3.99. The van der Waals surface area contributed by atoms with Crippen LogP contribution in [0, 0.1) is 6.92 Å². The molecule has 148 valence electrons. The van der Waals surface area contributed by atoms with Gasteiger partial charge in [0, 0.05) is 17.5 Å². The van der Waals surface area contributed by atoms with Gasteiger partial charge in [-0.15, -0.1) is 0 Å². The molecule has 0 bridgehead atoms. The Hall–Kier alpha value is -2.50. The lowest BCUT2D eigenvalue weighted by atomic mass is 9.94. The van der Waals surface area contributed by atoms with Crippen LogP contribution in [0.3, 0.4) is 0 Å². The van der Waals surface area contributed by atoms with Crippen LogP contribution in [0.2, 0.25) is 0 Å². The Balaban J connectivity index is 2.16. The fraction of sp³-hybridized carbons (Fsp3) is 0.524. The number of benzene rings is 1. The molecule has 0 aliphatic carbocycles. The van der Waals surface area contributed by atoms with Gasteiger partial charge in [0.15, 0.2) is 0 Å². The maximum atomic E-state index is 11.9. The van der Waals surface area contributed by atoms with Gasteiger partial charge in [-0.1, -0.05) is 11.6 Å². The van der Waals surface area contributed by atoms with Crippen LogP contribution < -0.4 is 4.74 Å². The number of phenolic OH excluding ortho intramolecular Hbond substituents is 1. The van der Waals surface area contributed by atoms with Crippen molar-refractivity contribution in [2.24, 2.45) is 0 Å². The zero-order chi connectivity index (χ0) is 20.4. The van der Waals surface area contributed by atoms with Crippen LogP contribution in [0.15, 0.2) is 11.6 Å². The number of cyclic esters (lactones) is 1. The second kappa shape index (κ2) is 8.03. The summed E-state index contributed by atoms with van der Waals surface area (Å²) < 4.78 is 15.8. The predicted molar refractivity (Wildman–Crippen MR) is 101 cm³/mol. The average Bonchev–Trinajstić information content (AvgIpc) is 2.95. The van der Waals surface area contributed by atoms with E-state index < -0.39 is 11.6 Å². The topological polar surface area (TPSA) is 82.1 Å². The fourth-order valence-corrected chi connectivity index (χ4v) is 3.10. The lowest BCUT2D eigenvalue weighted by Gasteiger charge is -2.19. The van der Waals surface area contributed by atoms with Gasteiger partial charge in [0.05, 0.1) is 7.11 Å². The van der Waals surface area contributed by atoms with Crippen LogP contribution in [0.1, 0.15) is 67.6 Å². The third kappa shape index (κ3) is 4.81. The van der Waals surface area contributed by atoms with Crippen molar-refractivity contribution in [2.75, 3.05) is 7.11 Å². The van der Waals surface area contributed by atoms with Crippen LogP contribution in [-0.4, -0.2) is 29.8 Å². The SMILES string of the molecule is COc1c(C)c2c(c(O)c1CC=C(C)CCC(=O)OC(C)(C)C)C(=O)OC2. The average molecular weight is 376 g/mol. The summed E-state index contributed by atoms with van der Waals surface area (Å²) in [6.07, 6.45) is 3.16. The minimum atomic E-state index is -0.514. The number of rotatable bonds is 6. The molecule has 1 aliphatic heterocycles. The Morgan fingerprint density at radius 3 is 2.56 bits per heavy atom. The maximum Gasteiger partial charge on any atom is 0.342 e. The monoisotopic (exact) mass is 376 g/mol. The van der Waals surface area contributed by atoms with E-state index in [1.807, 2.05) is 40.7 Å². The van der Waals surface area contributed by atoms with E-state index >= 15 is 0 Å². The number of carbonyl (C=O) groups excluding carboxylic acids is 2. The molecule has 0 unspecified atom stereocenters. The van der Waals surface area contributed by atoms with Crippen LogP contribution in [0.4, 0.5) is 0 Å². The number of esters is 2. The van der Waals surface area contributed by atoms with E-state index in [0.717, 1.165) is 11.1 Å². The van der Waals surface area contributed by atoms with E-state index in [4.69, 9.17) is 14.2 Å². The zero-order valence-corrected chi connectivity index (χ0v) is 16.9. The molecule has 0 radical (unpaired) electrons. The summed E-state index contributed by atoms with van der Waals surface area (Å²) in [6.45, 7) is 9.43. The standard InChI is InChI=1S/C21H28O6/c1-12(8-10-16(22)27-21(3,4)5)7-9-14-18(23)17-15(11-26-20(17)24)13(2)19(14)25-6/h7,23H,8-11H2,1-6H3. The molecule has 0 fully saturated rings. The summed E-state index contributed by atoms with van der Waals surface area (Å²) in [7, 11) is 1.54. The minimum absolute atomic E-state index is 0.0915. The Morgan fingerprint density at radius 1 is 1.30 bits per heavy atom. The highest BCUT2D eigenvalue weighted by molar-refractivity contribution is 5.98. The normalized spacial score (nSPS) is 14.0. The number of methoxy groups -OCH3 is 1. The molecule has 6 nitrogen and oxygen atoms in total. The number of hydrogen-bond donors (Lipinski definition) is 1. The van der Waals surface area contributed by atoms with Gasteiger partial charge in [-0.2, -0.15) is 0 Å². The lowest BCUT2D eigenvalue weighted by Crippen LogP contribution is -2.23. The van der Waals surface area contributed by atoms with E-state index in [0.29, 0.717) is 29.7 Å². The minimum Gasteiger partial charge on any atom is -0.507 e. The highest BCUT2D eigenvalue weighted by Crippen LogP contribution is 2.42. The van der Waals surface area contributed by atoms with Gasteiger partial charge in [0.2, 0.25) is 0 Å². The van der Waals surface area contributed by atoms with Crippen LogP contribution in [0.25, 0.3) is 0 Å². The molecular formula is C21H28O6. The largest absolute Gasteiger partial charge is 0.507 e. The summed E-state index contributed by atoms with van der Waals surface area (Å²) in [4.78, 5) is 23.8. The molecule has 0 aromatic heterocycles.